The summed E-state index contributed by atoms with van der Waals surface area (Å²) >= 11 is 5.95. The molecule has 0 spiro atoms. The second-order valence-corrected chi connectivity index (χ2v) is 8.86. The molecule has 0 aliphatic carbocycles. The van der Waals surface area contributed by atoms with Crippen molar-refractivity contribution in [1.29, 1.82) is 5.26 Å². The van der Waals surface area contributed by atoms with E-state index in [-0.39, 0.29) is 34.2 Å². The fourth-order valence-electron chi connectivity index (χ4n) is 3.77. The van der Waals surface area contributed by atoms with Gasteiger partial charge in [0.05, 0.1) is 23.9 Å². The molecule has 1 aromatic carbocycles. The molecule has 1 amide bonds. The number of nitriles is 1. The lowest BCUT2D eigenvalue weighted by molar-refractivity contribution is -0.138. The third-order valence-corrected chi connectivity index (χ3v) is 5.91. The number of pyridine rings is 2. The van der Waals surface area contributed by atoms with Crippen LogP contribution in [0.3, 0.4) is 0 Å². The number of fused-ring (bicyclic) bond motifs is 1. The van der Waals surface area contributed by atoms with E-state index in [4.69, 9.17) is 21.6 Å². The van der Waals surface area contributed by atoms with Crippen molar-refractivity contribution < 1.29 is 22.7 Å². The number of carbonyl (C=O) groups is 1. The molecule has 10 nitrogen and oxygen atoms in total. The van der Waals surface area contributed by atoms with E-state index in [1.165, 1.54) is 29.3 Å². The van der Waals surface area contributed by atoms with Crippen molar-refractivity contribution in [2.24, 2.45) is 0 Å². The SMILES string of the molecule is CNCCN(C)C(=O)n1nc(Cn2ccc(C(F)(F)F)c(Oc3cc(Cl)cc(C#N)c3)c2=O)c2cccnc21. The molecule has 0 fully saturated rings. The van der Waals surface area contributed by atoms with Gasteiger partial charge in [0.25, 0.3) is 5.56 Å². The number of amides is 1. The molecule has 0 bridgehead atoms. The van der Waals surface area contributed by atoms with Crippen molar-refractivity contribution in [2.75, 3.05) is 27.2 Å². The first-order chi connectivity index (χ1) is 18.5. The van der Waals surface area contributed by atoms with E-state index >= 15 is 0 Å². The third-order valence-electron chi connectivity index (χ3n) is 5.69. The van der Waals surface area contributed by atoms with Crippen LogP contribution in [0.4, 0.5) is 18.0 Å². The summed E-state index contributed by atoms with van der Waals surface area (Å²) in [5, 5.41) is 16.9. The van der Waals surface area contributed by atoms with Crippen molar-refractivity contribution in [3.63, 3.8) is 0 Å². The van der Waals surface area contributed by atoms with Crippen LogP contribution in [0.2, 0.25) is 5.02 Å². The molecule has 202 valence electrons. The maximum atomic E-state index is 13.8. The fraction of sp³-hybridized carbons (Fsp3) is 0.240. The maximum Gasteiger partial charge on any atom is 0.420 e. The number of alkyl halides is 3. The summed E-state index contributed by atoms with van der Waals surface area (Å²) in [6, 6.07) is 8.97. The number of likely N-dealkylation sites (N-methyl/N-ethyl adjacent to an activating group) is 2. The average molecular weight is 560 g/mol. The summed E-state index contributed by atoms with van der Waals surface area (Å²) in [6.07, 6.45) is -2.46. The summed E-state index contributed by atoms with van der Waals surface area (Å²) in [7, 11) is 3.34. The van der Waals surface area contributed by atoms with E-state index in [9.17, 15) is 22.8 Å². The molecular formula is C25H21ClF3N7O3. The molecule has 3 aromatic heterocycles. The smallest absolute Gasteiger partial charge is 0.420 e. The highest BCUT2D eigenvalue weighted by atomic mass is 35.5. The zero-order chi connectivity index (χ0) is 28.3. The van der Waals surface area contributed by atoms with E-state index in [1.807, 2.05) is 6.07 Å². The van der Waals surface area contributed by atoms with E-state index < -0.39 is 29.1 Å². The first-order valence-electron chi connectivity index (χ1n) is 11.5. The molecule has 0 atom stereocenters. The predicted molar refractivity (Wildman–Crippen MR) is 136 cm³/mol. The number of carbonyl (C=O) groups excluding carboxylic acids is 1. The molecule has 0 aliphatic heterocycles. The van der Waals surface area contributed by atoms with Gasteiger partial charge in [-0.1, -0.05) is 11.6 Å². The number of aromatic nitrogens is 4. The first-order valence-corrected chi connectivity index (χ1v) is 11.8. The third kappa shape index (κ3) is 5.87. The Hall–Kier alpha value is -4.41. The minimum atomic E-state index is -4.91. The zero-order valence-electron chi connectivity index (χ0n) is 20.7. The molecule has 4 rings (SSSR count). The molecular weight excluding hydrogens is 539 g/mol. The van der Waals surface area contributed by atoms with E-state index in [0.29, 0.717) is 24.5 Å². The van der Waals surface area contributed by atoms with Gasteiger partial charge in [0.1, 0.15) is 11.3 Å². The predicted octanol–water partition coefficient (Wildman–Crippen LogP) is 4.10. The van der Waals surface area contributed by atoms with Crippen LogP contribution in [0.5, 0.6) is 11.5 Å². The summed E-state index contributed by atoms with van der Waals surface area (Å²) in [5.74, 6) is -1.21. The van der Waals surface area contributed by atoms with E-state index in [2.05, 4.69) is 15.4 Å². The molecule has 4 aromatic rings. The topological polar surface area (TPSA) is 118 Å². The number of nitrogens with one attached hydrogen (secondary N) is 1. The quantitative estimate of drug-likeness (QED) is 0.362. The second-order valence-electron chi connectivity index (χ2n) is 8.42. The number of hydrogen-bond acceptors (Lipinski definition) is 7. The summed E-state index contributed by atoms with van der Waals surface area (Å²) in [4.78, 5) is 32.0. The maximum absolute atomic E-state index is 13.8. The Morgan fingerprint density at radius 1 is 1.28 bits per heavy atom. The Morgan fingerprint density at radius 3 is 2.74 bits per heavy atom. The highest BCUT2D eigenvalue weighted by Crippen LogP contribution is 2.36. The van der Waals surface area contributed by atoms with Gasteiger partial charge in [0, 0.05) is 42.9 Å². The molecule has 0 saturated heterocycles. The molecule has 1 N–H and O–H groups in total. The van der Waals surface area contributed by atoms with Gasteiger partial charge in [0.15, 0.2) is 5.65 Å². The normalized spacial score (nSPS) is 11.4. The summed E-state index contributed by atoms with van der Waals surface area (Å²) < 4.78 is 48.8. The molecule has 39 heavy (non-hydrogen) atoms. The van der Waals surface area contributed by atoms with Crippen molar-refractivity contribution in [3.8, 4) is 17.6 Å². The van der Waals surface area contributed by atoms with Gasteiger partial charge in [-0.2, -0.15) is 28.2 Å². The lowest BCUT2D eigenvalue weighted by Crippen LogP contribution is -2.36. The van der Waals surface area contributed by atoms with Crippen LogP contribution in [0.25, 0.3) is 11.0 Å². The van der Waals surface area contributed by atoms with Crippen LogP contribution in [0.1, 0.15) is 16.8 Å². The monoisotopic (exact) mass is 559 g/mol. The standard InChI is InChI=1S/C25H21ClF3N7O3/c1-31-7-9-34(2)24(38)36-22-18(4-3-6-32-22)20(33-36)14-35-8-5-19(25(27,28)29)21(23(35)37)39-17-11-15(13-30)10-16(26)12-17/h3-6,8,10-12,31H,7,9,14H2,1-2H3. The summed E-state index contributed by atoms with van der Waals surface area (Å²) in [5.41, 5.74) is -1.91. The van der Waals surface area contributed by atoms with Crippen LogP contribution in [-0.2, 0) is 12.7 Å². The number of rotatable bonds is 7. The Morgan fingerprint density at radius 2 is 2.05 bits per heavy atom. The zero-order valence-corrected chi connectivity index (χ0v) is 21.4. The van der Waals surface area contributed by atoms with Gasteiger partial charge in [-0.15, -0.1) is 0 Å². The van der Waals surface area contributed by atoms with Crippen LogP contribution in [-0.4, -0.2) is 57.4 Å². The van der Waals surface area contributed by atoms with Crippen molar-refractivity contribution in [3.05, 3.63) is 81.0 Å². The van der Waals surface area contributed by atoms with Gasteiger partial charge < -0.3 is 19.5 Å². The number of ether oxygens (including phenoxy) is 1. The van der Waals surface area contributed by atoms with Crippen molar-refractivity contribution in [1.82, 2.24) is 29.5 Å². The van der Waals surface area contributed by atoms with Crippen LogP contribution < -0.4 is 15.6 Å². The van der Waals surface area contributed by atoms with Gasteiger partial charge in [0.2, 0.25) is 5.75 Å². The Bertz CT molecular complexity index is 1640. The second kappa shape index (κ2) is 11.1. The Labute approximate surface area is 224 Å². The van der Waals surface area contributed by atoms with Gasteiger partial charge in [-0.25, -0.2) is 9.78 Å². The molecule has 0 saturated carbocycles. The number of nitrogens with zero attached hydrogens (tertiary/aromatic N) is 6. The van der Waals surface area contributed by atoms with Crippen molar-refractivity contribution >= 4 is 28.7 Å². The Balaban J connectivity index is 1.78. The molecule has 3 heterocycles. The molecule has 0 aliphatic rings. The molecule has 0 radical (unpaired) electrons. The van der Waals surface area contributed by atoms with Crippen molar-refractivity contribution in [2.45, 2.75) is 12.7 Å². The first kappa shape index (κ1) is 27.6. The number of benzene rings is 1. The van der Waals surface area contributed by atoms with E-state index in [0.717, 1.165) is 15.4 Å². The minimum absolute atomic E-state index is 0.0381. The van der Waals surface area contributed by atoms with Gasteiger partial charge in [-0.3, -0.25) is 4.79 Å². The Kier molecular flexibility index (Phi) is 7.89. The minimum Gasteiger partial charge on any atom is -0.451 e. The molecule has 0 unspecified atom stereocenters. The highest BCUT2D eigenvalue weighted by Gasteiger charge is 2.37. The number of hydrogen-bond donors (Lipinski definition) is 1. The fourth-order valence-corrected chi connectivity index (χ4v) is 3.99. The highest BCUT2D eigenvalue weighted by molar-refractivity contribution is 6.30. The van der Waals surface area contributed by atoms with Crippen LogP contribution in [0.15, 0.2) is 53.6 Å². The molecule has 14 heteroatoms. The largest absolute Gasteiger partial charge is 0.451 e. The number of halogens is 4. The lowest BCUT2D eigenvalue weighted by atomic mass is 10.2. The average Bonchev–Trinajstić information content (AvgIpc) is 3.26. The van der Waals surface area contributed by atoms with Crippen LogP contribution >= 0.6 is 11.6 Å². The van der Waals surface area contributed by atoms with E-state index in [1.54, 1.807) is 26.2 Å². The van der Waals surface area contributed by atoms with Gasteiger partial charge >= 0.3 is 12.2 Å². The summed E-state index contributed by atoms with van der Waals surface area (Å²) in [6.45, 7) is 0.637. The lowest BCUT2D eigenvalue weighted by Gasteiger charge is -2.16. The van der Waals surface area contributed by atoms with Crippen LogP contribution in [0, 0.1) is 11.3 Å². The van der Waals surface area contributed by atoms with Gasteiger partial charge in [-0.05, 0) is 43.4 Å².